The lowest BCUT2D eigenvalue weighted by atomic mass is 10.1. The number of ether oxygens (including phenoxy) is 2. The number of benzene rings is 3. The van der Waals surface area contributed by atoms with Gasteiger partial charge in [-0.3, -0.25) is 9.59 Å². The van der Waals surface area contributed by atoms with Crippen LogP contribution in [0.5, 0.6) is 11.5 Å². The Morgan fingerprint density at radius 1 is 0.759 bits per heavy atom. The standard InChI is InChI=1S/C23H22N2O4/c1-15-7-6-8-16(13-15)22(26)25-19-10-5-4-9-18(19)23(27)24-17-11-12-20(28-2)21(14-17)29-3/h4-14H,1-3H3,(H,24,27)(H,25,26). The van der Waals surface area contributed by atoms with Crippen molar-refractivity contribution in [2.24, 2.45) is 0 Å². The zero-order valence-electron chi connectivity index (χ0n) is 16.5. The fraction of sp³-hybridized carbons (Fsp3) is 0.130. The highest BCUT2D eigenvalue weighted by Crippen LogP contribution is 2.30. The lowest BCUT2D eigenvalue weighted by Gasteiger charge is -2.13. The van der Waals surface area contributed by atoms with Crippen molar-refractivity contribution >= 4 is 23.2 Å². The normalized spacial score (nSPS) is 10.2. The first-order valence-corrected chi connectivity index (χ1v) is 9.02. The molecule has 3 aromatic rings. The molecule has 3 rings (SSSR count). The molecule has 148 valence electrons. The molecular weight excluding hydrogens is 368 g/mol. The number of hydrogen-bond donors (Lipinski definition) is 2. The van der Waals surface area contributed by atoms with E-state index in [0.29, 0.717) is 34.0 Å². The third-order valence-corrected chi connectivity index (χ3v) is 4.34. The molecule has 0 aliphatic rings. The molecule has 6 heteroatoms. The van der Waals surface area contributed by atoms with E-state index in [-0.39, 0.29) is 11.8 Å². The molecule has 3 aromatic carbocycles. The van der Waals surface area contributed by atoms with E-state index in [1.807, 2.05) is 19.1 Å². The monoisotopic (exact) mass is 390 g/mol. The zero-order valence-corrected chi connectivity index (χ0v) is 16.5. The van der Waals surface area contributed by atoms with Crippen molar-refractivity contribution in [2.45, 2.75) is 6.92 Å². The van der Waals surface area contributed by atoms with Crippen LogP contribution in [0.25, 0.3) is 0 Å². The summed E-state index contributed by atoms with van der Waals surface area (Å²) in [6.45, 7) is 1.92. The molecule has 0 fully saturated rings. The predicted molar refractivity (Wildman–Crippen MR) is 113 cm³/mol. The van der Waals surface area contributed by atoms with Gasteiger partial charge >= 0.3 is 0 Å². The number of aryl methyl sites for hydroxylation is 1. The SMILES string of the molecule is COc1ccc(NC(=O)c2ccccc2NC(=O)c2cccc(C)c2)cc1OC. The average Bonchev–Trinajstić information content (AvgIpc) is 2.74. The summed E-state index contributed by atoms with van der Waals surface area (Å²) in [5.41, 5.74) is 2.84. The molecule has 0 aromatic heterocycles. The molecular formula is C23H22N2O4. The number of anilines is 2. The molecule has 2 N–H and O–H groups in total. The van der Waals surface area contributed by atoms with Gasteiger partial charge in [-0.1, -0.05) is 29.8 Å². The van der Waals surface area contributed by atoms with Crippen LogP contribution < -0.4 is 20.1 Å². The number of methoxy groups -OCH3 is 2. The molecule has 0 saturated carbocycles. The van der Waals surface area contributed by atoms with Gasteiger partial charge in [0.25, 0.3) is 11.8 Å². The van der Waals surface area contributed by atoms with Crippen LogP contribution in [0.3, 0.4) is 0 Å². The van der Waals surface area contributed by atoms with E-state index < -0.39 is 0 Å². The summed E-state index contributed by atoms with van der Waals surface area (Å²) in [7, 11) is 3.07. The molecule has 0 unspecified atom stereocenters. The largest absolute Gasteiger partial charge is 0.493 e. The lowest BCUT2D eigenvalue weighted by molar-refractivity contribution is 0.102. The van der Waals surface area contributed by atoms with Gasteiger partial charge in [-0.25, -0.2) is 0 Å². The Morgan fingerprint density at radius 2 is 1.52 bits per heavy atom. The predicted octanol–water partition coefficient (Wildman–Crippen LogP) is 4.52. The van der Waals surface area contributed by atoms with Gasteiger partial charge in [-0.05, 0) is 43.3 Å². The topological polar surface area (TPSA) is 76.7 Å². The minimum atomic E-state index is -0.350. The number of rotatable bonds is 6. The van der Waals surface area contributed by atoms with Crippen molar-refractivity contribution in [1.29, 1.82) is 0 Å². The number of carbonyl (C=O) groups is 2. The van der Waals surface area contributed by atoms with Crippen molar-refractivity contribution < 1.29 is 19.1 Å². The highest BCUT2D eigenvalue weighted by molar-refractivity contribution is 6.12. The molecule has 0 atom stereocenters. The van der Waals surface area contributed by atoms with E-state index in [1.165, 1.54) is 7.11 Å². The number of para-hydroxylation sites is 1. The van der Waals surface area contributed by atoms with Crippen LogP contribution in [0.4, 0.5) is 11.4 Å². The minimum Gasteiger partial charge on any atom is -0.493 e. The number of hydrogen-bond acceptors (Lipinski definition) is 4. The quantitative estimate of drug-likeness (QED) is 0.649. The maximum absolute atomic E-state index is 12.8. The average molecular weight is 390 g/mol. The van der Waals surface area contributed by atoms with Crippen molar-refractivity contribution in [2.75, 3.05) is 24.9 Å². The minimum absolute atomic E-state index is 0.278. The van der Waals surface area contributed by atoms with Crippen LogP contribution in [0.2, 0.25) is 0 Å². The van der Waals surface area contributed by atoms with Gasteiger partial charge in [-0.2, -0.15) is 0 Å². The molecule has 6 nitrogen and oxygen atoms in total. The number of carbonyl (C=O) groups excluding carboxylic acids is 2. The molecule has 0 spiro atoms. The maximum atomic E-state index is 12.8. The van der Waals surface area contributed by atoms with Gasteiger partial charge < -0.3 is 20.1 Å². The zero-order chi connectivity index (χ0) is 20.8. The van der Waals surface area contributed by atoms with Gasteiger partial charge in [0.05, 0.1) is 25.5 Å². The molecule has 0 radical (unpaired) electrons. The summed E-state index contributed by atoms with van der Waals surface area (Å²) in [5.74, 6) is 0.445. The molecule has 2 amide bonds. The van der Waals surface area contributed by atoms with E-state index in [4.69, 9.17) is 9.47 Å². The van der Waals surface area contributed by atoms with Crippen LogP contribution in [0, 0.1) is 6.92 Å². The Balaban J connectivity index is 1.81. The Hall–Kier alpha value is -3.80. The van der Waals surface area contributed by atoms with Crippen LogP contribution >= 0.6 is 0 Å². The van der Waals surface area contributed by atoms with Crippen molar-refractivity contribution in [3.05, 3.63) is 83.4 Å². The van der Waals surface area contributed by atoms with Crippen LogP contribution in [0.1, 0.15) is 26.3 Å². The van der Waals surface area contributed by atoms with Gasteiger partial charge in [0.1, 0.15) is 0 Å². The van der Waals surface area contributed by atoms with E-state index in [9.17, 15) is 9.59 Å². The summed E-state index contributed by atoms with van der Waals surface area (Å²) < 4.78 is 10.5. The van der Waals surface area contributed by atoms with Gasteiger partial charge in [0.2, 0.25) is 0 Å². The summed E-state index contributed by atoms with van der Waals surface area (Å²) in [5, 5.41) is 5.64. The second-order valence-corrected chi connectivity index (χ2v) is 6.39. The first-order valence-electron chi connectivity index (χ1n) is 9.02. The third kappa shape index (κ3) is 4.73. The Kier molecular flexibility index (Phi) is 6.14. The highest BCUT2D eigenvalue weighted by atomic mass is 16.5. The first kappa shape index (κ1) is 19.9. The summed E-state index contributed by atoms with van der Waals surface area (Å²) in [6.07, 6.45) is 0. The fourth-order valence-electron chi connectivity index (χ4n) is 2.88. The fourth-order valence-corrected chi connectivity index (χ4v) is 2.88. The summed E-state index contributed by atoms with van der Waals surface area (Å²) >= 11 is 0. The Labute approximate surface area is 169 Å². The van der Waals surface area contributed by atoms with Crippen LogP contribution in [-0.4, -0.2) is 26.0 Å². The van der Waals surface area contributed by atoms with Crippen LogP contribution in [0.15, 0.2) is 66.7 Å². The molecule has 0 saturated heterocycles. The molecule has 0 heterocycles. The molecule has 0 aliphatic carbocycles. The smallest absolute Gasteiger partial charge is 0.257 e. The lowest BCUT2D eigenvalue weighted by Crippen LogP contribution is -2.18. The second-order valence-electron chi connectivity index (χ2n) is 6.39. The number of amides is 2. The number of nitrogens with one attached hydrogen (secondary N) is 2. The van der Waals surface area contributed by atoms with Crippen molar-refractivity contribution in [1.82, 2.24) is 0 Å². The van der Waals surface area contributed by atoms with Gasteiger partial charge in [-0.15, -0.1) is 0 Å². The van der Waals surface area contributed by atoms with E-state index in [0.717, 1.165) is 5.56 Å². The first-order chi connectivity index (χ1) is 14.0. The third-order valence-electron chi connectivity index (χ3n) is 4.34. The Morgan fingerprint density at radius 3 is 2.24 bits per heavy atom. The van der Waals surface area contributed by atoms with Crippen LogP contribution in [-0.2, 0) is 0 Å². The van der Waals surface area contributed by atoms with Crippen molar-refractivity contribution in [3.63, 3.8) is 0 Å². The van der Waals surface area contributed by atoms with E-state index in [2.05, 4.69) is 10.6 Å². The Bertz CT molecular complexity index is 1050. The summed E-state index contributed by atoms with van der Waals surface area (Å²) in [6, 6.07) is 19.2. The molecule has 0 bridgehead atoms. The molecule has 0 aliphatic heterocycles. The van der Waals surface area contributed by atoms with Crippen molar-refractivity contribution in [3.8, 4) is 11.5 Å². The summed E-state index contributed by atoms with van der Waals surface area (Å²) in [4.78, 5) is 25.4. The highest BCUT2D eigenvalue weighted by Gasteiger charge is 2.15. The molecule has 29 heavy (non-hydrogen) atoms. The van der Waals surface area contributed by atoms with Gasteiger partial charge in [0.15, 0.2) is 11.5 Å². The van der Waals surface area contributed by atoms with E-state index in [1.54, 1.807) is 61.7 Å². The second kappa shape index (κ2) is 8.93. The maximum Gasteiger partial charge on any atom is 0.257 e. The van der Waals surface area contributed by atoms with E-state index >= 15 is 0 Å². The van der Waals surface area contributed by atoms with Gasteiger partial charge in [0, 0.05) is 17.3 Å².